The first-order valence-corrected chi connectivity index (χ1v) is 11.9. The Kier molecular flexibility index (Phi) is 6.77. The number of ether oxygens (including phenoxy) is 1. The molecule has 1 atom stereocenters. The molecular formula is C25H25N3O2S2. The average Bonchev–Trinajstić information content (AvgIpc) is 3.35. The van der Waals surface area contributed by atoms with Crippen molar-refractivity contribution < 1.29 is 9.53 Å². The van der Waals surface area contributed by atoms with Crippen LogP contribution in [-0.4, -0.2) is 37.6 Å². The highest BCUT2D eigenvalue weighted by molar-refractivity contribution is 8.26. The largest absolute Gasteiger partial charge is 0.494 e. The van der Waals surface area contributed by atoms with Crippen LogP contribution in [0, 0.1) is 0 Å². The van der Waals surface area contributed by atoms with Crippen molar-refractivity contribution >= 4 is 40.3 Å². The van der Waals surface area contributed by atoms with Gasteiger partial charge < -0.3 is 4.74 Å². The maximum absolute atomic E-state index is 13.1. The summed E-state index contributed by atoms with van der Waals surface area (Å²) in [6.07, 6.45) is 4.71. The maximum atomic E-state index is 13.1. The minimum absolute atomic E-state index is 0.0422. The van der Waals surface area contributed by atoms with E-state index in [1.807, 2.05) is 85.4 Å². The Bertz CT molecular complexity index is 1150. The number of aromatic nitrogens is 2. The molecule has 0 bridgehead atoms. The minimum atomic E-state index is -0.0422. The standard InChI is InChI=1S/C25H25N3O2S2/c1-4-17(3)28-24(29)22(32-25(28)31)15-19-16-27(20-9-7-6-8-10-20)26-23(19)18-11-13-21(14-12-18)30-5-2/h6-17H,4-5H2,1-3H3/b22-15-/t17-/m1/s1. The van der Waals surface area contributed by atoms with Crippen LogP contribution >= 0.6 is 24.0 Å². The maximum Gasteiger partial charge on any atom is 0.266 e. The van der Waals surface area contributed by atoms with E-state index in [9.17, 15) is 4.79 Å². The van der Waals surface area contributed by atoms with Gasteiger partial charge in [0.25, 0.3) is 5.91 Å². The number of carbonyl (C=O) groups excluding carboxylic acids is 1. The molecule has 2 aromatic carbocycles. The van der Waals surface area contributed by atoms with E-state index in [1.165, 1.54) is 11.8 Å². The molecular weight excluding hydrogens is 438 g/mol. The molecule has 7 heteroatoms. The van der Waals surface area contributed by atoms with E-state index in [4.69, 9.17) is 22.1 Å². The first kappa shape index (κ1) is 22.3. The molecule has 0 unspecified atom stereocenters. The van der Waals surface area contributed by atoms with Gasteiger partial charge in [-0.3, -0.25) is 9.69 Å². The van der Waals surface area contributed by atoms with E-state index in [0.29, 0.717) is 15.8 Å². The molecule has 0 radical (unpaired) electrons. The normalized spacial score (nSPS) is 16.1. The van der Waals surface area contributed by atoms with Crippen LogP contribution in [0.4, 0.5) is 0 Å². The fourth-order valence-electron chi connectivity index (χ4n) is 3.49. The summed E-state index contributed by atoms with van der Waals surface area (Å²) in [5, 5.41) is 4.85. The molecule has 164 valence electrons. The van der Waals surface area contributed by atoms with Crippen LogP contribution in [0.5, 0.6) is 5.75 Å². The quantitative estimate of drug-likeness (QED) is 0.321. The second-order valence-corrected chi connectivity index (χ2v) is 9.16. The Labute approximate surface area is 198 Å². The van der Waals surface area contributed by atoms with E-state index in [0.717, 1.165) is 34.7 Å². The predicted molar refractivity (Wildman–Crippen MR) is 135 cm³/mol. The van der Waals surface area contributed by atoms with Gasteiger partial charge in [0.05, 0.1) is 22.9 Å². The first-order valence-electron chi connectivity index (χ1n) is 10.7. The number of nitrogens with zero attached hydrogens (tertiary/aromatic N) is 3. The zero-order valence-corrected chi connectivity index (χ0v) is 20.0. The Morgan fingerprint density at radius 1 is 1.12 bits per heavy atom. The van der Waals surface area contributed by atoms with Gasteiger partial charge in [-0.05, 0) is 62.7 Å². The number of thiocarbonyl (C=S) groups is 1. The highest BCUT2D eigenvalue weighted by Crippen LogP contribution is 2.36. The van der Waals surface area contributed by atoms with Crippen LogP contribution in [0.3, 0.4) is 0 Å². The topological polar surface area (TPSA) is 47.4 Å². The van der Waals surface area contributed by atoms with Crippen LogP contribution in [-0.2, 0) is 4.79 Å². The zero-order valence-electron chi connectivity index (χ0n) is 18.3. The Balaban J connectivity index is 1.77. The predicted octanol–water partition coefficient (Wildman–Crippen LogP) is 5.94. The lowest BCUT2D eigenvalue weighted by atomic mass is 10.1. The summed E-state index contributed by atoms with van der Waals surface area (Å²) in [6.45, 7) is 6.65. The smallest absolute Gasteiger partial charge is 0.266 e. The van der Waals surface area contributed by atoms with Gasteiger partial charge in [0.2, 0.25) is 0 Å². The van der Waals surface area contributed by atoms with Crippen molar-refractivity contribution in [3.63, 3.8) is 0 Å². The third-order valence-corrected chi connectivity index (χ3v) is 6.67. The first-order chi connectivity index (χ1) is 15.5. The lowest BCUT2D eigenvalue weighted by Gasteiger charge is -2.21. The molecule has 1 aliphatic heterocycles. The summed E-state index contributed by atoms with van der Waals surface area (Å²) in [7, 11) is 0. The summed E-state index contributed by atoms with van der Waals surface area (Å²) in [5.74, 6) is 0.772. The van der Waals surface area contributed by atoms with Gasteiger partial charge in [-0.25, -0.2) is 4.68 Å². The Hall–Kier alpha value is -2.90. The van der Waals surface area contributed by atoms with Crippen molar-refractivity contribution in [2.45, 2.75) is 33.2 Å². The monoisotopic (exact) mass is 463 g/mol. The fraction of sp³-hybridized carbons (Fsp3) is 0.240. The second kappa shape index (κ2) is 9.71. The fourth-order valence-corrected chi connectivity index (χ4v) is 4.94. The van der Waals surface area contributed by atoms with Gasteiger partial charge in [-0.2, -0.15) is 5.10 Å². The Morgan fingerprint density at radius 3 is 2.50 bits per heavy atom. The molecule has 4 rings (SSSR count). The number of benzene rings is 2. The van der Waals surface area contributed by atoms with Gasteiger partial charge >= 0.3 is 0 Å². The molecule has 3 aromatic rings. The molecule has 1 aromatic heterocycles. The SMILES string of the molecule is CCOc1ccc(-c2nn(-c3ccccc3)cc2/C=C2\SC(=S)N([C@H](C)CC)C2=O)cc1. The molecule has 0 saturated carbocycles. The molecule has 1 saturated heterocycles. The van der Waals surface area contributed by atoms with Gasteiger partial charge in [-0.15, -0.1) is 0 Å². The molecule has 1 aliphatic rings. The van der Waals surface area contributed by atoms with Gasteiger partial charge in [0, 0.05) is 23.4 Å². The van der Waals surface area contributed by atoms with Crippen LogP contribution in [0.15, 0.2) is 65.7 Å². The average molecular weight is 464 g/mol. The molecule has 32 heavy (non-hydrogen) atoms. The third-order valence-electron chi connectivity index (χ3n) is 5.34. The lowest BCUT2D eigenvalue weighted by molar-refractivity contribution is -0.123. The molecule has 5 nitrogen and oxygen atoms in total. The molecule has 0 N–H and O–H groups in total. The van der Waals surface area contributed by atoms with E-state index >= 15 is 0 Å². The van der Waals surface area contributed by atoms with Crippen molar-refractivity contribution in [2.24, 2.45) is 0 Å². The van der Waals surface area contributed by atoms with E-state index in [2.05, 4.69) is 6.92 Å². The van der Waals surface area contributed by atoms with Crippen molar-refractivity contribution in [1.29, 1.82) is 0 Å². The number of carbonyl (C=O) groups is 1. The van der Waals surface area contributed by atoms with E-state index in [1.54, 1.807) is 4.90 Å². The summed E-state index contributed by atoms with van der Waals surface area (Å²) < 4.78 is 8.02. The van der Waals surface area contributed by atoms with Crippen molar-refractivity contribution in [3.05, 3.63) is 71.3 Å². The minimum Gasteiger partial charge on any atom is -0.494 e. The molecule has 0 spiro atoms. The summed E-state index contributed by atoms with van der Waals surface area (Å²) in [4.78, 5) is 15.4. The summed E-state index contributed by atoms with van der Waals surface area (Å²) >= 11 is 6.84. The van der Waals surface area contributed by atoms with Gasteiger partial charge in [0.1, 0.15) is 10.1 Å². The molecule has 0 aliphatic carbocycles. The molecule has 1 fully saturated rings. The van der Waals surface area contributed by atoms with Crippen LogP contribution in [0.2, 0.25) is 0 Å². The number of para-hydroxylation sites is 1. The lowest BCUT2D eigenvalue weighted by Crippen LogP contribution is -2.36. The highest BCUT2D eigenvalue weighted by atomic mass is 32.2. The number of hydrogen-bond acceptors (Lipinski definition) is 5. The van der Waals surface area contributed by atoms with E-state index in [-0.39, 0.29) is 11.9 Å². The van der Waals surface area contributed by atoms with Crippen LogP contribution in [0.1, 0.15) is 32.8 Å². The van der Waals surface area contributed by atoms with Crippen molar-refractivity contribution in [1.82, 2.24) is 14.7 Å². The third kappa shape index (κ3) is 4.49. The zero-order chi connectivity index (χ0) is 22.7. The second-order valence-electron chi connectivity index (χ2n) is 7.48. The number of hydrogen-bond donors (Lipinski definition) is 0. The Morgan fingerprint density at radius 2 is 1.84 bits per heavy atom. The van der Waals surface area contributed by atoms with Gasteiger partial charge in [-0.1, -0.05) is 49.1 Å². The van der Waals surface area contributed by atoms with Crippen molar-refractivity contribution in [2.75, 3.05) is 6.61 Å². The number of rotatable bonds is 7. The highest BCUT2D eigenvalue weighted by Gasteiger charge is 2.35. The van der Waals surface area contributed by atoms with E-state index < -0.39 is 0 Å². The van der Waals surface area contributed by atoms with Crippen LogP contribution in [0.25, 0.3) is 23.0 Å². The number of thioether (sulfide) groups is 1. The summed E-state index contributed by atoms with van der Waals surface area (Å²) in [5.41, 5.74) is 3.56. The van der Waals surface area contributed by atoms with Gasteiger partial charge in [0.15, 0.2) is 0 Å². The van der Waals surface area contributed by atoms with Crippen molar-refractivity contribution in [3.8, 4) is 22.7 Å². The van der Waals surface area contributed by atoms with Crippen LogP contribution < -0.4 is 4.74 Å². The summed E-state index contributed by atoms with van der Waals surface area (Å²) in [6, 6.07) is 17.9. The number of amides is 1. The molecule has 2 heterocycles. The molecule has 1 amide bonds.